The van der Waals surface area contributed by atoms with Crippen molar-refractivity contribution in [2.75, 3.05) is 0 Å². The van der Waals surface area contributed by atoms with Gasteiger partial charge in [0.25, 0.3) is 0 Å². The van der Waals surface area contributed by atoms with Crippen LogP contribution in [0.1, 0.15) is 58.2 Å². The number of nitrogens with one attached hydrogen (secondary N) is 1. The van der Waals surface area contributed by atoms with E-state index in [0.717, 1.165) is 21.2 Å². The molecular weight excluding hydrogens is 478 g/mol. The largest absolute Gasteiger partial charge is 0.410 e. The molecule has 0 bridgehead atoms. The minimum absolute atomic E-state index is 0.0819. The molecule has 0 aliphatic carbocycles. The molecule has 7 heteroatoms. The first-order chi connectivity index (χ1) is 13.4. The molecule has 0 saturated heterocycles. The summed E-state index contributed by atoms with van der Waals surface area (Å²) in [7, 11) is -5.60. The average Bonchev–Trinajstić information content (AvgIpc) is 2.50. The summed E-state index contributed by atoms with van der Waals surface area (Å²) in [5.41, 5.74) is 2.59. The summed E-state index contributed by atoms with van der Waals surface area (Å²) in [6.45, 7) is 22.8. The molecule has 0 aromatic heterocycles. The van der Waals surface area contributed by atoms with Crippen LogP contribution in [-0.2, 0) is 14.4 Å². The van der Waals surface area contributed by atoms with Crippen LogP contribution in [0.3, 0.4) is 0 Å². The van der Waals surface area contributed by atoms with Gasteiger partial charge in [-0.25, -0.2) is 13.1 Å². The lowest BCUT2D eigenvalue weighted by Gasteiger charge is -2.38. The maximum absolute atomic E-state index is 13.2. The first-order valence-corrected chi connectivity index (χ1v) is 15.7. The van der Waals surface area contributed by atoms with E-state index in [1.54, 1.807) is 0 Å². The van der Waals surface area contributed by atoms with Gasteiger partial charge in [-0.15, -0.1) is 0 Å². The molecule has 0 saturated carbocycles. The fourth-order valence-electron chi connectivity index (χ4n) is 3.17. The second-order valence-electron chi connectivity index (χ2n) is 10.2. The van der Waals surface area contributed by atoms with Crippen molar-refractivity contribution in [3.63, 3.8) is 0 Å². The van der Waals surface area contributed by atoms with E-state index >= 15 is 0 Å². The second kappa shape index (κ2) is 9.99. The van der Waals surface area contributed by atoms with Crippen LogP contribution in [-0.4, -0.2) is 28.9 Å². The van der Waals surface area contributed by atoms with Gasteiger partial charge >= 0.3 is 0 Å². The van der Waals surface area contributed by atoms with Crippen molar-refractivity contribution in [1.29, 1.82) is 0 Å². The average molecular weight is 519 g/mol. The highest BCUT2D eigenvalue weighted by molar-refractivity contribution is 9.11. The van der Waals surface area contributed by atoms with E-state index in [4.69, 9.17) is 4.43 Å². The van der Waals surface area contributed by atoms with Crippen LogP contribution in [0.5, 0.6) is 0 Å². The van der Waals surface area contributed by atoms with E-state index in [1.165, 1.54) is 0 Å². The third kappa shape index (κ3) is 7.02. The van der Waals surface area contributed by atoms with Crippen molar-refractivity contribution in [2.24, 2.45) is 5.92 Å². The Bertz CT molecular complexity index is 863. The maximum atomic E-state index is 13.2. The highest BCUT2D eigenvalue weighted by Crippen LogP contribution is 2.38. The highest BCUT2D eigenvalue weighted by atomic mass is 79.9. The van der Waals surface area contributed by atoms with Crippen LogP contribution >= 0.6 is 15.9 Å². The normalized spacial score (nSPS) is 16.1. The standard InChI is InChI=1S/C23H40BrNO3SSi/c1-15(2)21(14-20(24)19(6)28-30(10,11)23(7,8)9)25-29(26,27)22-17(4)12-16(3)13-18(22)5/h12-15,19,21,25H,1-11H3/b20-14-/t19-,21-/m1/s1. The molecule has 0 radical (unpaired) electrons. The van der Waals surface area contributed by atoms with Gasteiger partial charge in [-0.3, -0.25) is 0 Å². The van der Waals surface area contributed by atoms with Crippen molar-refractivity contribution < 1.29 is 12.8 Å². The smallest absolute Gasteiger partial charge is 0.241 e. The van der Waals surface area contributed by atoms with E-state index in [9.17, 15) is 8.42 Å². The predicted octanol–water partition coefficient (Wildman–Crippen LogP) is 6.60. The first-order valence-electron chi connectivity index (χ1n) is 10.5. The zero-order chi connectivity index (χ0) is 23.7. The monoisotopic (exact) mass is 517 g/mol. The molecular formula is C23H40BrNO3SSi. The fourth-order valence-corrected chi connectivity index (χ4v) is 6.87. The molecule has 0 unspecified atom stereocenters. The first kappa shape index (κ1) is 27.6. The zero-order valence-electron chi connectivity index (χ0n) is 20.5. The van der Waals surface area contributed by atoms with Crippen molar-refractivity contribution in [3.05, 3.63) is 39.4 Å². The third-order valence-corrected chi connectivity index (χ3v) is 13.1. The second-order valence-corrected chi connectivity index (χ2v) is 17.5. The molecule has 0 spiro atoms. The van der Waals surface area contributed by atoms with Gasteiger partial charge in [-0.1, -0.05) is 74.3 Å². The van der Waals surface area contributed by atoms with E-state index in [-0.39, 0.29) is 23.1 Å². The molecule has 0 aliphatic rings. The zero-order valence-corrected chi connectivity index (χ0v) is 23.9. The van der Waals surface area contributed by atoms with Crippen LogP contribution in [0.4, 0.5) is 0 Å². The van der Waals surface area contributed by atoms with Gasteiger partial charge in [0.05, 0.1) is 11.0 Å². The highest BCUT2D eigenvalue weighted by Gasteiger charge is 2.39. The number of hydrogen-bond acceptors (Lipinski definition) is 3. The molecule has 4 nitrogen and oxygen atoms in total. The minimum Gasteiger partial charge on any atom is -0.410 e. The van der Waals surface area contributed by atoms with Crippen LogP contribution < -0.4 is 4.72 Å². The van der Waals surface area contributed by atoms with Gasteiger partial charge in [0.1, 0.15) is 0 Å². The van der Waals surface area contributed by atoms with Crippen molar-refractivity contribution in [2.45, 2.75) is 97.5 Å². The molecule has 1 aromatic carbocycles. The minimum atomic E-state index is -3.66. The van der Waals surface area contributed by atoms with E-state index in [0.29, 0.717) is 4.90 Å². The Kier molecular flexibility index (Phi) is 9.17. The molecule has 0 aliphatic heterocycles. The molecule has 172 valence electrons. The Morgan fingerprint density at radius 2 is 1.57 bits per heavy atom. The number of sulfonamides is 1. The van der Waals surface area contributed by atoms with Gasteiger partial charge in [0, 0.05) is 10.5 Å². The van der Waals surface area contributed by atoms with Crippen LogP contribution in [0.15, 0.2) is 27.6 Å². The van der Waals surface area contributed by atoms with Gasteiger partial charge in [-0.05, 0) is 62.9 Å². The predicted molar refractivity (Wildman–Crippen MR) is 134 cm³/mol. The lowest BCUT2D eigenvalue weighted by atomic mass is 10.0. The Morgan fingerprint density at radius 3 is 1.97 bits per heavy atom. The topological polar surface area (TPSA) is 55.4 Å². The Hall–Kier alpha value is -0.473. The van der Waals surface area contributed by atoms with Gasteiger partial charge in [0.2, 0.25) is 10.0 Å². The molecule has 0 fully saturated rings. The number of halogens is 1. The molecule has 1 N–H and O–H groups in total. The molecule has 1 rings (SSSR count). The van der Waals surface area contributed by atoms with Crippen LogP contribution in [0.2, 0.25) is 18.1 Å². The Balaban J connectivity index is 3.19. The summed E-state index contributed by atoms with van der Waals surface area (Å²) in [6, 6.07) is 3.47. The summed E-state index contributed by atoms with van der Waals surface area (Å²) >= 11 is 3.66. The molecule has 2 atom stereocenters. The van der Waals surface area contributed by atoms with Crippen molar-refractivity contribution in [3.8, 4) is 0 Å². The number of hydrogen-bond donors (Lipinski definition) is 1. The molecule has 0 heterocycles. The van der Waals surface area contributed by atoms with Gasteiger partial charge in [0.15, 0.2) is 8.32 Å². The Morgan fingerprint density at radius 1 is 1.10 bits per heavy atom. The van der Waals surface area contributed by atoms with Crippen molar-refractivity contribution in [1.82, 2.24) is 4.72 Å². The van der Waals surface area contributed by atoms with E-state index in [1.807, 2.05) is 59.8 Å². The summed E-state index contributed by atoms with van der Waals surface area (Å²) in [5.74, 6) is 0.0819. The van der Waals surface area contributed by atoms with E-state index < -0.39 is 18.3 Å². The third-order valence-electron chi connectivity index (χ3n) is 5.89. The number of benzene rings is 1. The van der Waals surface area contributed by atoms with Crippen LogP contribution in [0.25, 0.3) is 0 Å². The number of rotatable bonds is 8. The van der Waals surface area contributed by atoms with E-state index in [2.05, 4.69) is 54.5 Å². The number of aryl methyl sites for hydroxylation is 3. The van der Waals surface area contributed by atoms with Crippen molar-refractivity contribution >= 4 is 34.3 Å². The Labute approximate surface area is 194 Å². The summed E-state index contributed by atoms with van der Waals surface area (Å²) in [4.78, 5) is 0.369. The lowest BCUT2D eigenvalue weighted by molar-refractivity contribution is 0.240. The SMILES string of the molecule is Cc1cc(C)c(S(=O)(=O)N[C@H](/C=C(\Br)[C@@H](C)O[Si](C)(C)C(C)(C)C)C(C)C)c(C)c1. The fraction of sp³-hybridized carbons (Fsp3) is 0.652. The summed E-state index contributed by atoms with van der Waals surface area (Å²) in [6.07, 6.45) is 1.80. The quantitative estimate of drug-likeness (QED) is 0.394. The molecule has 30 heavy (non-hydrogen) atoms. The summed E-state index contributed by atoms with van der Waals surface area (Å²) in [5, 5.41) is 0.105. The molecule has 1 aromatic rings. The van der Waals surface area contributed by atoms with Gasteiger partial charge in [-0.2, -0.15) is 0 Å². The molecule has 0 amide bonds. The van der Waals surface area contributed by atoms with Gasteiger partial charge < -0.3 is 4.43 Å². The lowest BCUT2D eigenvalue weighted by Crippen LogP contribution is -2.43. The summed E-state index contributed by atoms with van der Waals surface area (Å²) < 4.78 is 36.7. The van der Waals surface area contributed by atoms with Crippen LogP contribution in [0, 0.1) is 26.7 Å². The maximum Gasteiger partial charge on any atom is 0.241 e.